The second-order valence-electron chi connectivity index (χ2n) is 3.97. The number of alkyl halides is 3. The number of hydrogen-bond donors (Lipinski definition) is 0. The second kappa shape index (κ2) is 6.74. The van der Waals surface area contributed by atoms with Gasteiger partial charge in [-0.25, -0.2) is 0 Å². The van der Waals surface area contributed by atoms with Crippen molar-refractivity contribution in [2.24, 2.45) is 0 Å². The van der Waals surface area contributed by atoms with Crippen molar-refractivity contribution in [3.63, 3.8) is 0 Å². The van der Waals surface area contributed by atoms with E-state index in [1.165, 1.54) is 6.07 Å². The lowest BCUT2D eigenvalue weighted by Gasteiger charge is -2.18. The van der Waals surface area contributed by atoms with Crippen molar-refractivity contribution < 1.29 is 27.5 Å². The summed E-state index contributed by atoms with van der Waals surface area (Å²) in [4.78, 5) is 24.0. The van der Waals surface area contributed by atoms with Crippen LogP contribution in [0.3, 0.4) is 0 Å². The number of hydrogen-bond acceptors (Lipinski definition) is 4. The molecule has 1 aromatic carbocycles. The fourth-order valence-corrected chi connectivity index (χ4v) is 1.52. The molecule has 1 aromatic rings. The van der Waals surface area contributed by atoms with Gasteiger partial charge in [-0.1, -0.05) is 6.07 Å². The number of esters is 1. The van der Waals surface area contributed by atoms with Gasteiger partial charge in [0.25, 0.3) is 5.91 Å². The molecule has 1 rings (SSSR count). The van der Waals surface area contributed by atoms with Gasteiger partial charge in [0, 0.05) is 5.56 Å². The monoisotopic (exact) mass is 300 g/mol. The quantitative estimate of drug-likeness (QED) is 0.628. The molecule has 0 bridgehead atoms. The number of amides is 1. The van der Waals surface area contributed by atoms with E-state index in [0.29, 0.717) is 6.07 Å². The first-order valence-corrected chi connectivity index (χ1v) is 5.70. The molecule has 0 aliphatic rings. The van der Waals surface area contributed by atoms with Gasteiger partial charge in [-0.05, 0) is 18.2 Å². The molecular formula is C13H11F3N2O3. The van der Waals surface area contributed by atoms with Gasteiger partial charge in [0.05, 0.1) is 18.7 Å². The van der Waals surface area contributed by atoms with Gasteiger partial charge in [-0.2, -0.15) is 18.4 Å². The van der Waals surface area contributed by atoms with E-state index in [0.717, 1.165) is 24.1 Å². The van der Waals surface area contributed by atoms with Crippen molar-refractivity contribution in [1.82, 2.24) is 4.90 Å². The molecule has 5 nitrogen and oxygen atoms in total. The molecule has 1 amide bonds. The van der Waals surface area contributed by atoms with Crippen molar-refractivity contribution in [1.29, 1.82) is 5.26 Å². The molecule has 21 heavy (non-hydrogen) atoms. The molecule has 112 valence electrons. The van der Waals surface area contributed by atoms with Crippen LogP contribution in [0.5, 0.6) is 0 Å². The number of rotatable bonds is 4. The first kappa shape index (κ1) is 16.5. The predicted octanol–water partition coefficient (Wildman–Crippen LogP) is 1.84. The highest BCUT2D eigenvalue weighted by atomic mass is 19.4. The molecule has 0 saturated carbocycles. The Morgan fingerprint density at radius 1 is 1.38 bits per heavy atom. The zero-order chi connectivity index (χ0) is 16.0. The Labute approximate surface area is 118 Å². The first-order valence-electron chi connectivity index (χ1n) is 5.70. The van der Waals surface area contributed by atoms with Crippen LogP contribution in [0, 0.1) is 11.3 Å². The molecule has 0 aliphatic heterocycles. The molecule has 0 radical (unpaired) electrons. The molecule has 0 atom stereocenters. The van der Waals surface area contributed by atoms with Crippen molar-refractivity contribution in [3.05, 3.63) is 35.4 Å². The zero-order valence-electron chi connectivity index (χ0n) is 11.0. The third kappa shape index (κ3) is 4.49. The predicted molar refractivity (Wildman–Crippen MR) is 65.0 cm³/mol. The lowest BCUT2D eigenvalue weighted by atomic mass is 10.1. The van der Waals surface area contributed by atoms with Crippen molar-refractivity contribution in [2.75, 3.05) is 20.2 Å². The summed E-state index contributed by atoms with van der Waals surface area (Å²) in [6, 6.07) is 5.43. The lowest BCUT2D eigenvalue weighted by Crippen LogP contribution is -2.36. The molecule has 0 aliphatic carbocycles. The maximum Gasteiger partial charge on any atom is 0.416 e. The topological polar surface area (TPSA) is 70.4 Å². The number of nitriles is 1. The number of halogens is 3. The van der Waals surface area contributed by atoms with Gasteiger partial charge < -0.3 is 9.64 Å². The van der Waals surface area contributed by atoms with E-state index in [9.17, 15) is 22.8 Å². The van der Waals surface area contributed by atoms with Crippen LogP contribution in [0.2, 0.25) is 0 Å². The average Bonchev–Trinajstić information content (AvgIpc) is 2.45. The standard InChI is InChI=1S/C13H11F3N2O3/c1-21-11(19)8-18(6-5-17)12(20)9-3-2-4-10(7-9)13(14,15)16/h2-4,7H,6,8H2,1H3. The second-order valence-corrected chi connectivity index (χ2v) is 3.97. The molecule has 0 aromatic heterocycles. The smallest absolute Gasteiger partial charge is 0.416 e. The highest BCUT2D eigenvalue weighted by molar-refractivity contribution is 5.96. The number of carbonyl (C=O) groups excluding carboxylic acids is 2. The molecule has 0 fully saturated rings. The van der Waals surface area contributed by atoms with Crippen LogP contribution in [-0.4, -0.2) is 37.0 Å². The van der Waals surface area contributed by atoms with Gasteiger partial charge >= 0.3 is 12.1 Å². The molecule has 0 heterocycles. The number of benzene rings is 1. The van der Waals surface area contributed by atoms with E-state index in [1.807, 2.05) is 0 Å². The molecule has 8 heteroatoms. The van der Waals surface area contributed by atoms with Crippen LogP contribution in [0.15, 0.2) is 24.3 Å². The normalized spacial score (nSPS) is 10.6. The van der Waals surface area contributed by atoms with Gasteiger partial charge in [0.2, 0.25) is 0 Å². The zero-order valence-corrected chi connectivity index (χ0v) is 11.0. The van der Waals surface area contributed by atoms with E-state index >= 15 is 0 Å². The van der Waals surface area contributed by atoms with Gasteiger partial charge in [0.15, 0.2) is 0 Å². The largest absolute Gasteiger partial charge is 0.468 e. The van der Waals surface area contributed by atoms with E-state index in [4.69, 9.17) is 5.26 Å². The summed E-state index contributed by atoms with van der Waals surface area (Å²) in [7, 11) is 1.10. The summed E-state index contributed by atoms with van der Waals surface area (Å²) in [6.45, 7) is -0.955. The summed E-state index contributed by atoms with van der Waals surface area (Å²) in [6.07, 6.45) is -4.58. The van der Waals surface area contributed by atoms with E-state index in [1.54, 1.807) is 6.07 Å². The summed E-state index contributed by atoms with van der Waals surface area (Å²) in [5, 5.41) is 8.63. The lowest BCUT2D eigenvalue weighted by molar-refractivity contribution is -0.141. The van der Waals surface area contributed by atoms with Crippen LogP contribution < -0.4 is 0 Å². The van der Waals surface area contributed by atoms with E-state index in [-0.39, 0.29) is 5.56 Å². The molecular weight excluding hydrogens is 289 g/mol. The minimum absolute atomic E-state index is 0.260. The average molecular weight is 300 g/mol. The Morgan fingerprint density at radius 3 is 2.57 bits per heavy atom. The van der Waals surface area contributed by atoms with Crippen LogP contribution in [0.4, 0.5) is 13.2 Å². The number of carbonyl (C=O) groups is 2. The van der Waals surface area contributed by atoms with Crippen molar-refractivity contribution in [3.8, 4) is 6.07 Å². The fourth-order valence-electron chi connectivity index (χ4n) is 1.52. The Bertz CT molecular complexity index is 579. The first-order chi connectivity index (χ1) is 9.79. The van der Waals surface area contributed by atoms with Crippen LogP contribution >= 0.6 is 0 Å². The van der Waals surface area contributed by atoms with Gasteiger partial charge in [-0.15, -0.1) is 0 Å². The van der Waals surface area contributed by atoms with E-state index < -0.39 is 36.7 Å². The SMILES string of the molecule is COC(=O)CN(CC#N)C(=O)c1cccc(C(F)(F)F)c1. The number of ether oxygens (including phenoxy) is 1. The van der Waals surface area contributed by atoms with Crippen LogP contribution in [-0.2, 0) is 15.7 Å². The maximum absolute atomic E-state index is 12.6. The third-order valence-corrected chi connectivity index (χ3v) is 2.53. The highest BCUT2D eigenvalue weighted by Gasteiger charge is 2.31. The number of nitrogens with zero attached hydrogens (tertiary/aromatic N) is 2. The Hall–Kier alpha value is -2.56. The fraction of sp³-hybridized carbons (Fsp3) is 0.308. The Morgan fingerprint density at radius 2 is 2.05 bits per heavy atom. The van der Waals surface area contributed by atoms with Gasteiger partial charge in [-0.3, -0.25) is 9.59 Å². The number of methoxy groups -OCH3 is 1. The summed E-state index contributed by atoms with van der Waals surface area (Å²) in [5.74, 6) is -1.63. The molecule has 0 N–H and O–H groups in total. The maximum atomic E-state index is 12.6. The summed E-state index contributed by atoms with van der Waals surface area (Å²) in [5.41, 5.74) is -1.24. The molecule has 0 unspecified atom stereocenters. The van der Waals surface area contributed by atoms with Crippen LogP contribution in [0.25, 0.3) is 0 Å². The van der Waals surface area contributed by atoms with Gasteiger partial charge in [0.1, 0.15) is 13.1 Å². The Kier molecular flexibility index (Phi) is 5.30. The summed E-state index contributed by atoms with van der Waals surface area (Å²) >= 11 is 0. The van der Waals surface area contributed by atoms with Crippen molar-refractivity contribution >= 4 is 11.9 Å². The van der Waals surface area contributed by atoms with E-state index in [2.05, 4.69) is 4.74 Å². The Balaban J connectivity index is 3.04. The molecule has 0 saturated heterocycles. The summed E-state index contributed by atoms with van der Waals surface area (Å²) < 4.78 is 42.2. The minimum atomic E-state index is -4.58. The minimum Gasteiger partial charge on any atom is -0.468 e. The third-order valence-electron chi connectivity index (χ3n) is 2.53. The van der Waals surface area contributed by atoms with Crippen LogP contribution in [0.1, 0.15) is 15.9 Å². The van der Waals surface area contributed by atoms with Crippen molar-refractivity contribution in [2.45, 2.75) is 6.18 Å². The molecule has 0 spiro atoms. The highest BCUT2D eigenvalue weighted by Crippen LogP contribution is 2.29.